The normalized spacial score (nSPS) is 10.8. The van der Waals surface area contributed by atoms with Crippen LogP contribution in [-0.4, -0.2) is 21.8 Å². The van der Waals surface area contributed by atoms with Gasteiger partial charge in [-0.25, -0.2) is 14.1 Å². The van der Waals surface area contributed by atoms with Crippen LogP contribution in [0.4, 0.5) is 4.39 Å². The molecule has 1 aromatic carbocycles. The molecule has 20 heavy (non-hydrogen) atoms. The number of benzene rings is 1. The molecule has 0 saturated heterocycles. The van der Waals surface area contributed by atoms with Crippen molar-refractivity contribution in [1.82, 2.24) is 20.1 Å². The third-order valence-electron chi connectivity index (χ3n) is 2.81. The molecule has 0 saturated carbocycles. The van der Waals surface area contributed by atoms with Gasteiger partial charge < -0.3 is 10.1 Å². The van der Waals surface area contributed by atoms with Crippen LogP contribution in [-0.2, 0) is 19.7 Å². The maximum absolute atomic E-state index is 13.5. The monoisotopic (exact) mass is 278 g/mol. The average molecular weight is 278 g/mol. The van der Waals surface area contributed by atoms with Gasteiger partial charge in [0, 0.05) is 19.2 Å². The number of hydrogen-bond acceptors (Lipinski definition) is 4. The minimum Gasteiger partial charge on any atom is -0.486 e. The fourth-order valence-electron chi connectivity index (χ4n) is 1.96. The van der Waals surface area contributed by atoms with E-state index in [9.17, 15) is 4.39 Å². The highest BCUT2D eigenvalue weighted by atomic mass is 19.1. The van der Waals surface area contributed by atoms with E-state index in [2.05, 4.69) is 22.3 Å². The van der Waals surface area contributed by atoms with Crippen LogP contribution < -0.4 is 10.1 Å². The summed E-state index contributed by atoms with van der Waals surface area (Å²) in [5.41, 5.74) is 0.845. The van der Waals surface area contributed by atoms with E-state index in [0.29, 0.717) is 12.3 Å². The van der Waals surface area contributed by atoms with Crippen LogP contribution in [0.3, 0.4) is 0 Å². The van der Waals surface area contributed by atoms with Crippen molar-refractivity contribution in [1.29, 1.82) is 0 Å². The van der Waals surface area contributed by atoms with E-state index in [0.717, 1.165) is 24.4 Å². The fraction of sp³-hybridized carbons (Fsp3) is 0.429. The Balaban J connectivity index is 2.04. The smallest absolute Gasteiger partial charge is 0.164 e. The zero-order valence-electron chi connectivity index (χ0n) is 11.8. The summed E-state index contributed by atoms with van der Waals surface area (Å²) in [6.45, 7) is 3.75. The third-order valence-corrected chi connectivity index (χ3v) is 2.81. The zero-order chi connectivity index (χ0) is 14.4. The second kappa shape index (κ2) is 7.00. The van der Waals surface area contributed by atoms with Gasteiger partial charge in [0.1, 0.15) is 24.5 Å². The van der Waals surface area contributed by atoms with Gasteiger partial charge in [-0.15, -0.1) is 0 Å². The standard InChI is InChI=1S/C14H19FN4O/c1-3-4-19-14(17-10-18-19)9-20-13-6-11(8-16-2)5-12(15)7-13/h5-7,10,16H,3-4,8-9H2,1-2H3. The Kier molecular flexibility index (Phi) is 5.06. The van der Waals surface area contributed by atoms with Crippen molar-refractivity contribution in [2.75, 3.05) is 7.05 Å². The van der Waals surface area contributed by atoms with Crippen LogP contribution in [0.1, 0.15) is 24.7 Å². The van der Waals surface area contributed by atoms with E-state index in [-0.39, 0.29) is 12.4 Å². The van der Waals surface area contributed by atoms with Gasteiger partial charge >= 0.3 is 0 Å². The van der Waals surface area contributed by atoms with Crippen LogP contribution in [0.2, 0.25) is 0 Å². The molecular weight excluding hydrogens is 259 g/mol. The summed E-state index contributed by atoms with van der Waals surface area (Å²) in [7, 11) is 1.82. The van der Waals surface area contributed by atoms with E-state index >= 15 is 0 Å². The quantitative estimate of drug-likeness (QED) is 0.843. The summed E-state index contributed by atoms with van der Waals surface area (Å²) < 4.78 is 20.9. The van der Waals surface area contributed by atoms with Crippen molar-refractivity contribution < 1.29 is 9.13 Å². The first-order valence-electron chi connectivity index (χ1n) is 6.66. The zero-order valence-corrected chi connectivity index (χ0v) is 11.8. The number of rotatable bonds is 7. The number of aromatic nitrogens is 3. The van der Waals surface area contributed by atoms with Gasteiger partial charge in [-0.1, -0.05) is 6.92 Å². The van der Waals surface area contributed by atoms with Crippen LogP contribution in [0.25, 0.3) is 0 Å². The van der Waals surface area contributed by atoms with Gasteiger partial charge in [0.2, 0.25) is 0 Å². The molecule has 0 amide bonds. The van der Waals surface area contributed by atoms with Crippen molar-refractivity contribution >= 4 is 0 Å². The van der Waals surface area contributed by atoms with Crippen molar-refractivity contribution in [3.63, 3.8) is 0 Å². The number of nitrogens with one attached hydrogen (secondary N) is 1. The molecule has 1 heterocycles. The highest BCUT2D eigenvalue weighted by Gasteiger charge is 2.06. The first kappa shape index (κ1) is 14.5. The molecule has 0 aliphatic heterocycles. The van der Waals surface area contributed by atoms with Crippen LogP contribution in [0.15, 0.2) is 24.5 Å². The minimum absolute atomic E-state index is 0.280. The molecule has 0 aliphatic rings. The Hall–Kier alpha value is -1.95. The molecule has 0 bridgehead atoms. The Morgan fingerprint density at radius 3 is 2.95 bits per heavy atom. The molecule has 0 radical (unpaired) electrons. The summed E-state index contributed by atoms with van der Waals surface area (Å²) in [6, 6.07) is 4.68. The van der Waals surface area contributed by atoms with Gasteiger partial charge in [-0.2, -0.15) is 5.10 Å². The SMILES string of the molecule is CCCn1ncnc1COc1cc(F)cc(CNC)c1. The van der Waals surface area contributed by atoms with Crippen LogP contribution in [0.5, 0.6) is 5.75 Å². The summed E-state index contributed by atoms with van der Waals surface area (Å²) in [5.74, 6) is 0.940. The number of ether oxygens (including phenoxy) is 1. The number of aryl methyl sites for hydroxylation is 1. The highest BCUT2D eigenvalue weighted by Crippen LogP contribution is 2.17. The minimum atomic E-state index is -0.303. The van der Waals surface area contributed by atoms with Gasteiger partial charge in [-0.3, -0.25) is 0 Å². The van der Waals surface area contributed by atoms with Gasteiger partial charge in [0.15, 0.2) is 5.82 Å². The molecule has 0 aliphatic carbocycles. The summed E-state index contributed by atoms with van der Waals surface area (Å²) in [6.07, 6.45) is 2.48. The van der Waals surface area contributed by atoms with Crippen molar-refractivity contribution in [3.8, 4) is 5.75 Å². The predicted molar refractivity (Wildman–Crippen MR) is 73.8 cm³/mol. The average Bonchev–Trinajstić information content (AvgIpc) is 2.84. The largest absolute Gasteiger partial charge is 0.486 e. The topological polar surface area (TPSA) is 52.0 Å². The number of hydrogen-bond donors (Lipinski definition) is 1. The molecule has 0 unspecified atom stereocenters. The molecule has 2 aromatic rings. The second-order valence-corrected chi connectivity index (χ2v) is 4.51. The van der Waals surface area contributed by atoms with E-state index in [1.54, 1.807) is 4.68 Å². The lowest BCUT2D eigenvalue weighted by Crippen LogP contribution is -2.09. The molecule has 1 N–H and O–H groups in total. The second-order valence-electron chi connectivity index (χ2n) is 4.51. The van der Waals surface area contributed by atoms with Crippen LogP contribution >= 0.6 is 0 Å². The van der Waals surface area contributed by atoms with Crippen LogP contribution in [0, 0.1) is 5.82 Å². The van der Waals surface area contributed by atoms with E-state index < -0.39 is 0 Å². The molecule has 1 aromatic heterocycles. The first-order valence-corrected chi connectivity index (χ1v) is 6.66. The van der Waals surface area contributed by atoms with Gasteiger partial charge in [0.25, 0.3) is 0 Å². The lowest BCUT2D eigenvalue weighted by atomic mass is 10.2. The lowest BCUT2D eigenvalue weighted by Gasteiger charge is -2.09. The molecule has 0 spiro atoms. The molecule has 108 valence electrons. The molecular formula is C14H19FN4O. The Morgan fingerprint density at radius 2 is 2.20 bits per heavy atom. The van der Waals surface area contributed by atoms with E-state index in [1.807, 2.05) is 13.1 Å². The highest BCUT2D eigenvalue weighted by molar-refractivity contribution is 5.29. The van der Waals surface area contributed by atoms with Crippen molar-refractivity contribution in [2.24, 2.45) is 0 Å². The van der Waals surface area contributed by atoms with Gasteiger partial charge in [0.05, 0.1) is 0 Å². The molecule has 6 heteroatoms. The van der Waals surface area contributed by atoms with Crippen molar-refractivity contribution in [2.45, 2.75) is 33.0 Å². The maximum Gasteiger partial charge on any atom is 0.164 e. The molecule has 5 nitrogen and oxygen atoms in total. The molecule has 0 fully saturated rings. The third kappa shape index (κ3) is 3.77. The van der Waals surface area contributed by atoms with E-state index in [4.69, 9.17) is 4.74 Å². The lowest BCUT2D eigenvalue weighted by molar-refractivity contribution is 0.284. The Bertz CT molecular complexity index is 556. The Labute approximate surface area is 117 Å². The van der Waals surface area contributed by atoms with Crippen molar-refractivity contribution in [3.05, 3.63) is 41.7 Å². The fourth-order valence-corrected chi connectivity index (χ4v) is 1.96. The summed E-state index contributed by atoms with van der Waals surface area (Å²) in [5, 5.41) is 7.11. The predicted octanol–water partition coefficient (Wildman–Crippen LogP) is 2.13. The molecule has 2 rings (SSSR count). The van der Waals surface area contributed by atoms with E-state index in [1.165, 1.54) is 18.5 Å². The van der Waals surface area contributed by atoms with Gasteiger partial charge in [-0.05, 0) is 31.2 Å². The molecule has 0 atom stereocenters. The number of halogens is 1. The summed E-state index contributed by atoms with van der Waals surface area (Å²) in [4.78, 5) is 4.15. The first-order chi connectivity index (χ1) is 9.72. The number of nitrogens with zero attached hydrogens (tertiary/aromatic N) is 3. The summed E-state index contributed by atoms with van der Waals surface area (Å²) >= 11 is 0. The maximum atomic E-state index is 13.5. The Morgan fingerprint density at radius 1 is 1.35 bits per heavy atom.